The number of hydrogen-bond donors (Lipinski definition) is 1. The molecule has 1 fully saturated rings. The molecule has 1 aromatic rings. The fourth-order valence-corrected chi connectivity index (χ4v) is 3.90. The van der Waals surface area contributed by atoms with Gasteiger partial charge in [-0.15, -0.1) is 0 Å². The first-order valence-electron chi connectivity index (χ1n) is 8.60. The molecule has 0 spiro atoms. The molecule has 118 valence electrons. The zero-order chi connectivity index (χ0) is 15.2. The summed E-state index contributed by atoms with van der Waals surface area (Å²) in [6.07, 6.45) is 6.63. The van der Waals surface area contributed by atoms with Crippen molar-refractivity contribution in [3.8, 4) is 0 Å². The van der Waals surface area contributed by atoms with Gasteiger partial charge in [0.05, 0.1) is 0 Å². The van der Waals surface area contributed by atoms with Gasteiger partial charge in [-0.25, -0.2) is 0 Å². The lowest BCUT2D eigenvalue weighted by molar-refractivity contribution is 0.189. The molecule has 1 N–H and O–H groups in total. The largest absolute Gasteiger partial charge is 0.310 e. The maximum atomic E-state index is 6.20. The van der Waals surface area contributed by atoms with Crippen LogP contribution in [0.2, 0.25) is 5.02 Å². The Labute approximate surface area is 135 Å². The average molecular weight is 308 g/mol. The molecule has 2 heteroatoms. The normalized spacial score (nSPS) is 24.2. The summed E-state index contributed by atoms with van der Waals surface area (Å²) in [6.45, 7) is 8.06. The van der Waals surface area contributed by atoms with Gasteiger partial charge in [0.25, 0.3) is 0 Å². The monoisotopic (exact) mass is 307 g/mol. The van der Waals surface area contributed by atoms with Crippen LogP contribution in [0.25, 0.3) is 0 Å². The van der Waals surface area contributed by atoms with Crippen LogP contribution in [0.4, 0.5) is 0 Å². The molecular weight excluding hydrogens is 278 g/mol. The van der Waals surface area contributed by atoms with E-state index in [0.29, 0.717) is 6.04 Å². The Morgan fingerprint density at radius 3 is 2.38 bits per heavy atom. The fourth-order valence-electron chi connectivity index (χ4n) is 3.70. The van der Waals surface area contributed by atoms with Crippen molar-refractivity contribution in [2.75, 3.05) is 6.54 Å². The van der Waals surface area contributed by atoms with E-state index in [1.54, 1.807) is 0 Å². The van der Waals surface area contributed by atoms with Gasteiger partial charge in [0.2, 0.25) is 0 Å². The minimum Gasteiger partial charge on any atom is -0.310 e. The van der Waals surface area contributed by atoms with E-state index in [-0.39, 0.29) is 0 Å². The minimum absolute atomic E-state index is 0.469. The number of rotatable bonds is 6. The summed E-state index contributed by atoms with van der Waals surface area (Å²) in [7, 11) is 0. The Hall–Kier alpha value is -0.530. The van der Waals surface area contributed by atoms with Gasteiger partial charge in [0.1, 0.15) is 0 Å². The summed E-state index contributed by atoms with van der Waals surface area (Å²) in [5.41, 5.74) is 1.36. The summed E-state index contributed by atoms with van der Waals surface area (Å²) < 4.78 is 0. The molecule has 0 amide bonds. The molecular formula is C19H30ClN. The van der Waals surface area contributed by atoms with Crippen LogP contribution >= 0.6 is 11.6 Å². The summed E-state index contributed by atoms with van der Waals surface area (Å²) in [6, 6.07) is 8.89. The van der Waals surface area contributed by atoms with Gasteiger partial charge in [-0.2, -0.15) is 0 Å². The van der Waals surface area contributed by atoms with Gasteiger partial charge in [-0.3, -0.25) is 0 Å². The Balaban J connectivity index is 2.06. The van der Waals surface area contributed by atoms with E-state index in [0.717, 1.165) is 29.3 Å². The van der Waals surface area contributed by atoms with Crippen LogP contribution in [0.3, 0.4) is 0 Å². The van der Waals surface area contributed by atoms with Gasteiger partial charge >= 0.3 is 0 Å². The molecule has 1 saturated carbocycles. The molecule has 1 atom stereocenters. The van der Waals surface area contributed by atoms with Gasteiger partial charge in [-0.1, -0.05) is 44.5 Å². The van der Waals surface area contributed by atoms with Crippen molar-refractivity contribution in [1.82, 2.24) is 5.32 Å². The quantitative estimate of drug-likeness (QED) is 0.696. The zero-order valence-corrected chi connectivity index (χ0v) is 14.5. The lowest BCUT2D eigenvalue weighted by Gasteiger charge is -2.36. The summed E-state index contributed by atoms with van der Waals surface area (Å²) in [4.78, 5) is 0. The van der Waals surface area contributed by atoms with E-state index in [1.807, 2.05) is 6.07 Å². The molecule has 1 aliphatic carbocycles. The molecule has 0 saturated heterocycles. The molecule has 0 aromatic heterocycles. The first-order valence-corrected chi connectivity index (χ1v) is 8.98. The first kappa shape index (κ1) is 16.8. The molecule has 0 bridgehead atoms. The van der Waals surface area contributed by atoms with Crippen LogP contribution in [0.1, 0.15) is 64.5 Å². The van der Waals surface area contributed by atoms with Crippen LogP contribution in [-0.4, -0.2) is 6.54 Å². The maximum Gasteiger partial charge on any atom is 0.0409 e. The first-order chi connectivity index (χ1) is 10.1. The predicted molar refractivity (Wildman–Crippen MR) is 92.8 cm³/mol. The van der Waals surface area contributed by atoms with Gasteiger partial charge in [0.15, 0.2) is 0 Å². The van der Waals surface area contributed by atoms with E-state index < -0.39 is 0 Å². The van der Waals surface area contributed by atoms with Crippen molar-refractivity contribution < 1.29 is 0 Å². The summed E-state index contributed by atoms with van der Waals surface area (Å²) >= 11 is 6.20. The van der Waals surface area contributed by atoms with Gasteiger partial charge in [-0.05, 0) is 74.1 Å². The van der Waals surface area contributed by atoms with Crippen LogP contribution < -0.4 is 5.32 Å². The third kappa shape index (κ3) is 4.72. The molecule has 21 heavy (non-hydrogen) atoms. The highest BCUT2D eigenvalue weighted by atomic mass is 35.5. The second-order valence-corrected chi connectivity index (χ2v) is 7.34. The summed E-state index contributed by atoms with van der Waals surface area (Å²) in [5, 5.41) is 4.62. The molecule has 1 nitrogen and oxygen atoms in total. The smallest absolute Gasteiger partial charge is 0.0409 e. The number of hydrogen-bond acceptors (Lipinski definition) is 1. The average Bonchev–Trinajstić information content (AvgIpc) is 2.48. The van der Waals surface area contributed by atoms with E-state index in [9.17, 15) is 0 Å². The van der Waals surface area contributed by atoms with E-state index in [2.05, 4.69) is 44.3 Å². The van der Waals surface area contributed by atoms with Crippen LogP contribution in [-0.2, 0) is 0 Å². The highest BCUT2D eigenvalue weighted by Crippen LogP contribution is 2.39. The van der Waals surface area contributed by atoms with Crippen molar-refractivity contribution in [3.05, 3.63) is 34.9 Å². The SMILES string of the molecule is CCCNC(c1cccc(Cl)c1)C1CCC(C(C)C)CC1. The molecule has 0 heterocycles. The minimum atomic E-state index is 0.469. The fraction of sp³-hybridized carbons (Fsp3) is 0.684. The zero-order valence-electron chi connectivity index (χ0n) is 13.7. The van der Waals surface area contributed by atoms with Crippen LogP contribution in [0.15, 0.2) is 24.3 Å². The van der Waals surface area contributed by atoms with Crippen molar-refractivity contribution in [1.29, 1.82) is 0 Å². The second kappa shape index (κ2) is 8.19. The molecule has 0 aliphatic heterocycles. The number of halogens is 1. The molecule has 2 rings (SSSR count). The van der Waals surface area contributed by atoms with E-state index in [4.69, 9.17) is 11.6 Å². The Morgan fingerprint density at radius 1 is 1.14 bits per heavy atom. The maximum absolute atomic E-state index is 6.20. The molecule has 1 unspecified atom stereocenters. The lowest BCUT2D eigenvalue weighted by Crippen LogP contribution is -2.32. The number of nitrogens with one attached hydrogen (secondary N) is 1. The van der Waals surface area contributed by atoms with E-state index in [1.165, 1.54) is 37.7 Å². The highest BCUT2D eigenvalue weighted by Gasteiger charge is 2.29. The third-order valence-corrected chi connectivity index (χ3v) is 5.29. The number of benzene rings is 1. The Bertz CT molecular complexity index is 421. The second-order valence-electron chi connectivity index (χ2n) is 6.91. The lowest BCUT2D eigenvalue weighted by atomic mass is 9.73. The van der Waals surface area contributed by atoms with Gasteiger partial charge < -0.3 is 5.32 Å². The Kier molecular flexibility index (Phi) is 6.57. The highest BCUT2D eigenvalue weighted by molar-refractivity contribution is 6.30. The standard InChI is InChI=1S/C19H30ClN/c1-4-12-21-19(17-6-5-7-18(20)13-17)16-10-8-15(9-11-16)14(2)3/h5-7,13-16,19,21H,4,8-12H2,1-3H3. The van der Waals surface area contributed by atoms with Crippen LogP contribution in [0.5, 0.6) is 0 Å². The van der Waals surface area contributed by atoms with Gasteiger partial charge in [0, 0.05) is 11.1 Å². The third-order valence-electron chi connectivity index (χ3n) is 5.05. The molecule has 1 aromatic carbocycles. The predicted octanol–water partition coefficient (Wildman–Crippen LogP) is 5.84. The topological polar surface area (TPSA) is 12.0 Å². The molecule has 0 radical (unpaired) electrons. The van der Waals surface area contributed by atoms with Crippen molar-refractivity contribution in [2.45, 2.75) is 58.9 Å². The van der Waals surface area contributed by atoms with Crippen LogP contribution in [0, 0.1) is 17.8 Å². The Morgan fingerprint density at radius 2 is 1.81 bits per heavy atom. The van der Waals surface area contributed by atoms with E-state index >= 15 is 0 Å². The van der Waals surface area contributed by atoms with Crippen molar-refractivity contribution in [2.24, 2.45) is 17.8 Å². The van der Waals surface area contributed by atoms with Crippen molar-refractivity contribution in [3.63, 3.8) is 0 Å². The summed E-state index contributed by atoms with van der Waals surface area (Å²) in [5.74, 6) is 2.51. The van der Waals surface area contributed by atoms with Crippen molar-refractivity contribution >= 4 is 11.6 Å². The molecule has 1 aliphatic rings.